The molecule has 0 saturated heterocycles. The molecule has 0 unspecified atom stereocenters. The highest BCUT2D eigenvalue weighted by molar-refractivity contribution is 7.19. The van der Waals surface area contributed by atoms with Crippen LogP contribution >= 0.6 is 11.3 Å². The van der Waals surface area contributed by atoms with Gasteiger partial charge in [-0.25, -0.2) is 4.98 Å². The van der Waals surface area contributed by atoms with Crippen molar-refractivity contribution in [1.29, 1.82) is 0 Å². The molecule has 0 spiro atoms. The smallest absolute Gasteiger partial charge is 0.269 e. The Labute approximate surface area is 159 Å². The molecule has 0 bridgehead atoms. The summed E-state index contributed by atoms with van der Waals surface area (Å²) >= 11 is 1.33. The van der Waals surface area contributed by atoms with Gasteiger partial charge in [-0.15, -0.1) is 0 Å². The number of anilines is 2. The normalized spacial score (nSPS) is 11.0. The predicted octanol–water partition coefficient (Wildman–Crippen LogP) is 2.72. The van der Waals surface area contributed by atoms with Gasteiger partial charge in [-0.2, -0.15) is 0 Å². The van der Waals surface area contributed by atoms with E-state index in [4.69, 9.17) is 5.73 Å². The first-order valence-electron chi connectivity index (χ1n) is 8.31. The van der Waals surface area contributed by atoms with Gasteiger partial charge in [0.1, 0.15) is 4.88 Å². The number of benzene rings is 2. The first-order chi connectivity index (χ1) is 13.1. The third-order valence-electron chi connectivity index (χ3n) is 4.23. The number of thiazole rings is 1. The number of para-hydroxylation sites is 1. The number of imidazole rings is 1. The molecular formula is C19H17N5O2S. The van der Waals surface area contributed by atoms with Gasteiger partial charge in [0.25, 0.3) is 5.91 Å². The number of aromatic nitrogens is 2. The molecule has 2 heterocycles. The average molecular weight is 379 g/mol. The molecule has 27 heavy (non-hydrogen) atoms. The molecule has 8 heteroatoms. The SMILES string of the molecule is CN(C(=O)c1cn2c(nc3ccc(NC(=O)CN)cc32)s1)c1ccccc1. The van der Waals surface area contributed by atoms with Crippen LogP contribution in [0.15, 0.2) is 54.7 Å². The zero-order valence-electron chi connectivity index (χ0n) is 14.5. The summed E-state index contributed by atoms with van der Waals surface area (Å²) in [5.74, 6) is -0.363. The summed E-state index contributed by atoms with van der Waals surface area (Å²) in [7, 11) is 1.75. The third-order valence-corrected chi connectivity index (χ3v) is 5.20. The number of hydrogen-bond donors (Lipinski definition) is 2. The van der Waals surface area contributed by atoms with Gasteiger partial charge < -0.3 is 16.0 Å². The monoisotopic (exact) mass is 379 g/mol. The topological polar surface area (TPSA) is 92.7 Å². The minimum atomic E-state index is -0.263. The van der Waals surface area contributed by atoms with Gasteiger partial charge in [0.15, 0.2) is 4.96 Å². The summed E-state index contributed by atoms with van der Waals surface area (Å²) in [6.07, 6.45) is 1.78. The van der Waals surface area contributed by atoms with Crippen molar-refractivity contribution in [3.8, 4) is 0 Å². The lowest BCUT2D eigenvalue weighted by molar-refractivity contribution is -0.114. The van der Waals surface area contributed by atoms with Crippen LogP contribution < -0.4 is 16.0 Å². The lowest BCUT2D eigenvalue weighted by Crippen LogP contribution is -2.25. The molecule has 0 atom stereocenters. The number of nitrogens with one attached hydrogen (secondary N) is 1. The maximum absolute atomic E-state index is 12.8. The van der Waals surface area contributed by atoms with E-state index in [1.165, 1.54) is 11.3 Å². The zero-order valence-corrected chi connectivity index (χ0v) is 15.4. The van der Waals surface area contributed by atoms with E-state index in [1.807, 2.05) is 46.9 Å². The average Bonchev–Trinajstić information content (AvgIpc) is 3.25. The van der Waals surface area contributed by atoms with Gasteiger partial charge >= 0.3 is 0 Å². The van der Waals surface area contributed by atoms with Crippen molar-refractivity contribution in [1.82, 2.24) is 9.38 Å². The largest absolute Gasteiger partial charge is 0.325 e. The number of nitrogens with two attached hydrogens (primary N) is 1. The van der Waals surface area contributed by atoms with Crippen molar-refractivity contribution < 1.29 is 9.59 Å². The predicted molar refractivity (Wildman–Crippen MR) is 107 cm³/mol. The first kappa shape index (κ1) is 17.2. The summed E-state index contributed by atoms with van der Waals surface area (Å²) in [5.41, 5.74) is 8.42. The van der Waals surface area contributed by atoms with Gasteiger partial charge in [-0.3, -0.25) is 14.0 Å². The molecule has 0 fully saturated rings. The first-order valence-corrected chi connectivity index (χ1v) is 9.13. The summed E-state index contributed by atoms with van der Waals surface area (Å²) in [6.45, 7) is -0.0806. The second kappa shape index (κ2) is 6.82. The van der Waals surface area contributed by atoms with Crippen molar-refractivity contribution in [3.05, 3.63) is 59.6 Å². The fourth-order valence-electron chi connectivity index (χ4n) is 2.83. The maximum atomic E-state index is 12.8. The summed E-state index contributed by atoms with van der Waals surface area (Å²) in [4.78, 5) is 31.8. The Morgan fingerprint density at radius 1 is 1.22 bits per heavy atom. The van der Waals surface area contributed by atoms with E-state index < -0.39 is 0 Å². The molecule has 2 aromatic heterocycles. The lowest BCUT2D eigenvalue weighted by Gasteiger charge is -2.15. The highest BCUT2D eigenvalue weighted by atomic mass is 32.1. The second-order valence-electron chi connectivity index (χ2n) is 6.02. The van der Waals surface area contributed by atoms with Crippen LogP contribution in [0.2, 0.25) is 0 Å². The van der Waals surface area contributed by atoms with Crippen LogP contribution in [0.25, 0.3) is 16.0 Å². The number of carbonyl (C=O) groups is 2. The molecule has 2 amide bonds. The van der Waals surface area contributed by atoms with Crippen LogP contribution in [0.4, 0.5) is 11.4 Å². The van der Waals surface area contributed by atoms with E-state index in [0.717, 1.165) is 21.7 Å². The number of rotatable bonds is 4. The Balaban J connectivity index is 1.70. The maximum Gasteiger partial charge on any atom is 0.269 e. The van der Waals surface area contributed by atoms with Crippen LogP contribution in [0.3, 0.4) is 0 Å². The Bertz CT molecular complexity index is 1150. The number of hydrogen-bond acceptors (Lipinski definition) is 5. The number of fused-ring (bicyclic) bond motifs is 3. The molecule has 0 saturated carbocycles. The number of nitrogens with zero attached hydrogens (tertiary/aromatic N) is 3. The Morgan fingerprint density at radius 2 is 2.00 bits per heavy atom. The van der Waals surface area contributed by atoms with E-state index in [-0.39, 0.29) is 18.4 Å². The highest BCUT2D eigenvalue weighted by Gasteiger charge is 2.18. The lowest BCUT2D eigenvalue weighted by atomic mass is 10.2. The number of carbonyl (C=O) groups excluding carboxylic acids is 2. The van der Waals surface area contributed by atoms with Gasteiger partial charge in [0.05, 0.1) is 17.6 Å². The van der Waals surface area contributed by atoms with Crippen LogP contribution in [-0.4, -0.2) is 34.8 Å². The van der Waals surface area contributed by atoms with Crippen LogP contribution in [-0.2, 0) is 4.79 Å². The zero-order chi connectivity index (χ0) is 19.0. The van der Waals surface area contributed by atoms with Gasteiger partial charge in [0, 0.05) is 24.6 Å². The van der Waals surface area contributed by atoms with Crippen molar-refractivity contribution in [3.63, 3.8) is 0 Å². The van der Waals surface area contributed by atoms with E-state index in [0.29, 0.717) is 10.6 Å². The van der Waals surface area contributed by atoms with Gasteiger partial charge in [-0.1, -0.05) is 29.5 Å². The van der Waals surface area contributed by atoms with Gasteiger partial charge in [0.2, 0.25) is 5.91 Å². The Morgan fingerprint density at radius 3 is 2.74 bits per heavy atom. The van der Waals surface area contributed by atoms with E-state index >= 15 is 0 Å². The number of amides is 2. The van der Waals surface area contributed by atoms with Gasteiger partial charge in [-0.05, 0) is 30.3 Å². The second-order valence-corrected chi connectivity index (χ2v) is 7.02. The van der Waals surface area contributed by atoms with E-state index in [2.05, 4.69) is 10.3 Å². The molecule has 0 aliphatic carbocycles. The highest BCUT2D eigenvalue weighted by Crippen LogP contribution is 2.27. The molecule has 3 N–H and O–H groups in total. The van der Waals surface area contributed by atoms with Crippen LogP contribution in [0.5, 0.6) is 0 Å². The molecule has 0 aliphatic rings. The molecule has 2 aromatic carbocycles. The van der Waals surface area contributed by atoms with Crippen LogP contribution in [0.1, 0.15) is 9.67 Å². The molecule has 136 valence electrons. The fraction of sp³-hybridized carbons (Fsp3) is 0.105. The molecule has 0 aliphatic heterocycles. The molecule has 4 aromatic rings. The van der Waals surface area contributed by atoms with Crippen molar-refractivity contribution in [2.45, 2.75) is 0 Å². The summed E-state index contributed by atoms with van der Waals surface area (Å²) in [6, 6.07) is 14.9. The van der Waals surface area contributed by atoms with Crippen molar-refractivity contribution in [2.24, 2.45) is 5.73 Å². The third kappa shape index (κ3) is 3.16. The minimum Gasteiger partial charge on any atom is -0.325 e. The molecule has 0 radical (unpaired) electrons. The fourth-order valence-corrected chi connectivity index (χ4v) is 3.80. The molecule has 4 rings (SSSR count). The molecule has 7 nitrogen and oxygen atoms in total. The van der Waals surface area contributed by atoms with Crippen LogP contribution in [0, 0.1) is 0 Å². The van der Waals surface area contributed by atoms with E-state index in [1.54, 1.807) is 24.2 Å². The minimum absolute atomic E-state index is 0.0806. The van der Waals surface area contributed by atoms with E-state index in [9.17, 15) is 9.59 Å². The van der Waals surface area contributed by atoms with Crippen molar-refractivity contribution >= 4 is 50.5 Å². The van der Waals surface area contributed by atoms with Crippen molar-refractivity contribution in [2.75, 3.05) is 23.8 Å². The molecular weight excluding hydrogens is 362 g/mol. The Kier molecular flexibility index (Phi) is 4.35. The quantitative estimate of drug-likeness (QED) is 0.570. The summed E-state index contributed by atoms with van der Waals surface area (Å²) < 4.78 is 1.87. The summed E-state index contributed by atoms with van der Waals surface area (Å²) in [5, 5.41) is 2.73. The standard InChI is InChI=1S/C19H17N5O2S/c1-23(13-5-3-2-4-6-13)18(26)16-11-24-15-9-12(21-17(25)10-20)7-8-14(15)22-19(24)27-16/h2-9,11H,10,20H2,1H3,(H,21,25). The Hall–Kier alpha value is -3.23.